The number of thiophene rings is 1. The second-order valence-electron chi connectivity index (χ2n) is 14.4. The number of hydrogen-bond acceptors (Lipinski definition) is 2. The molecule has 0 saturated carbocycles. The monoisotopic (exact) mass is 690 g/mol. The van der Waals surface area contributed by atoms with Crippen LogP contribution in [-0.4, -0.2) is 11.4 Å². The summed E-state index contributed by atoms with van der Waals surface area (Å²) in [6, 6.07) is 67.9. The first kappa shape index (κ1) is 29.2. The number of aromatic nitrogens is 1. The zero-order valence-corrected chi connectivity index (χ0v) is 29.6. The number of para-hydroxylation sites is 3. The zero-order valence-electron chi connectivity index (χ0n) is 28.8. The molecule has 4 heterocycles. The standard InChI is InChI=1S/C49H31BN2S/c1-4-16-31(17-5-1)46(32-18-6-2-7-19-32)39-28-38-36-30-45-37(34-22-11-15-27-44(34)53-45)29-43(36)52(33-20-8-3-9-21-33)50-40-24-12-14-26-42(40)51-41-25-13-10-23-35(41)47(39)49(51)48(38)50/h1-30,46H. The highest BCUT2D eigenvalue weighted by Gasteiger charge is 2.45. The number of nitrogens with zero attached hydrogens (tertiary/aromatic N) is 2. The van der Waals surface area contributed by atoms with Crippen LogP contribution in [0.3, 0.4) is 0 Å². The summed E-state index contributed by atoms with van der Waals surface area (Å²) in [5.41, 5.74) is 15.5. The molecule has 0 N–H and O–H groups in total. The molecule has 2 aliphatic heterocycles. The van der Waals surface area contributed by atoms with E-state index in [4.69, 9.17) is 0 Å². The van der Waals surface area contributed by atoms with Crippen molar-refractivity contribution < 1.29 is 0 Å². The molecule has 0 spiro atoms. The third-order valence-electron chi connectivity index (χ3n) is 11.7. The number of benzene rings is 8. The summed E-state index contributed by atoms with van der Waals surface area (Å²) < 4.78 is 5.23. The van der Waals surface area contributed by atoms with Gasteiger partial charge in [0.2, 0.25) is 0 Å². The maximum Gasteiger partial charge on any atom is 0.333 e. The Bertz CT molecular complexity index is 3030. The quantitative estimate of drug-likeness (QED) is 0.132. The lowest BCUT2D eigenvalue weighted by atomic mass is 9.43. The van der Waals surface area contributed by atoms with Gasteiger partial charge in [0.1, 0.15) is 0 Å². The molecule has 0 fully saturated rings. The van der Waals surface area contributed by atoms with Crippen molar-refractivity contribution in [3.05, 3.63) is 199 Å². The van der Waals surface area contributed by atoms with Gasteiger partial charge >= 0.3 is 6.85 Å². The van der Waals surface area contributed by atoms with Crippen LogP contribution in [0, 0.1) is 0 Å². The number of hydrogen-bond donors (Lipinski definition) is 0. The normalized spacial score (nSPS) is 13.0. The molecule has 10 aromatic rings. The SMILES string of the molecule is c1ccc(C(c2ccccc2)c2cc3c4c5c2c2ccccc2n5-c2ccccc2B4N(c2ccccc2)c2cc4c(cc2-3)sc2ccccc24)cc1. The molecule has 0 radical (unpaired) electrons. The van der Waals surface area contributed by atoms with Gasteiger partial charge in [0.05, 0.1) is 11.0 Å². The van der Waals surface area contributed by atoms with Gasteiger partial charge in [-0.1, -0.05) is 133 Å². The van der Waals surface area contributed by atoms with Crippen molar-refractivity contribution in [1.82, 2.24) is 4.57 Å². The first-order valence-electron chi connectivity index (χ1n) is 18.4. The Morgan fingerprint density at radius 1 is 0.491 bits per heavy atom. The van der Waals surface area contributed by atoms with E-state index in [9.17, 15) is 0 Å². The van der Waals surface area contributed by atoms with Crippen molar-refractivity contribution in [2.45, 2.75) is 5.92 Å². The number of fused-ring (bicyclic) bond motifs is 11. The Hall–Kier alpha value is -6.36. The van der Waals surface area contributed by atoms with E-state index < -0.39 is 0 Å². The molecule has 53 heavy (non-hydrogen) atoms. The van der Waals surface area contributed by atoms with Gasteiger partial charge in [-0.25, -0.2) is 0 Å². The molecule has 2 aromatic heterocycles. The Morgan fingerprint density at radius 2 is 1.13 bits per heavy atom. The molecule has 0 aliphatic carbocycles. The van der Waals surface area contributed by atoms with Gasteiger partial charge < -0.3 is 9.38 Å². The van der Waals surface area contributed by atoms with Gasteiger partial charge in [-0.3, -0.25) is 0 Å². The fourth-order valence-electron chi connectivity index (χ4n) is 9.58. The fourth-order valence-corrected chi connectivity index (χ4v) is 10.7. The summed E-state index contributed by atoms with van der Waals surface area (Å²) >= 11 is 1.90. The molecule has 246 valence electrons. The number of anilines is 2. The van der Waals surface area contributed by atoms with Gasteiger partial charge in [-0.2, -0.15) is 0 Å². The van der Waals surface area contributed by atoms with E-state index in [-0.39, 0.29) is 12.8 Å². The minimum atomic E-state index is -0.0151. The van der Waals surface area contributed by atoms with E-state index in [0.29, 0.717) is 0 Å². The first-order chi connectivity index (χ1) is 26.3. The molecule has 4 heteroatoms. The summed E-state index contributed by atoms with van der Waals surface area (Å²) in [4.78, 5) is 2.63. The second-order valence-corrected chi connectivity index (χ2v) is 15.5. The maximum absolute atomic E-state index is 2.63. The Balaban J connectivity index is 1.31. The second kappa shape index (κ2) is 11.1. The minimum absolute atomic E-state index is 0.0151. The average molecular weight is 691 g/mol. The molecule has 0 amide bonds. The highest BCUT2D eigenvalue weighted by molar-refractivity contribution is 7.25. The van der Waals surface area contributed by atoms with Crippen molar-refractivity contribution in [1.29, 1.82) is 0 Å². The van der Waals surface area contributed by atoms with Gasteiger partial charge in [0, 0.05) is 59.5 Å². The molecule has 0 unspecified atom stereocenters. The average Bonchev–Trinajstić information content (AvgIpc) is 3.77. The largest absolute Gasteiger partial charge is 0.376 e. The van der Waals surface area contributed by atoms with Crippen molar-refractivity contribution in [2.75, 3.05) is 4.81 Å². The maximum atomic E-state index is 2.63. The molecule has 0 saturated heterocycles. The van der Waals surface area contributed by atoms with Crippen molar-refractivity contribution in [2.24, 2.45) is 0 Å². The Morgan fingerprint density at radius 3 is 1.91 bits per heavy atom. The highest BCUT2D eigenvalue weighted by atomic mass is 32.1. The van der Waals surface area contributed by atoms with E-state index in [0.717, 1.165) is 0 Å². The lowest BCUT2D eigenvalue weighted by Gasteiger charge is -2.42. The molecule has 2 nitrogen and oxygen atoms in total. The summed E-state index contributed by atoms with van der Waals surface area (Å²) in [6.07, 6.45) is 0. The molecular formula is C49H31BN2S. The van der Waals surface area contributed by atoms with Crippen molar-refractivity contribution in [3.63, 3.8) is 0 Å². The van der Waals surface area contributed by atoms with Crippen LogP contribution in [0.2, 0.25) is 0 Å². The van der Waals surface area contributed by atoms with Gasteiger partial charge in [-0.05, 0) is 81.7 Å². The third-order valence-corrected chi connectivity index (χ3v) is 12.8. The first-order valence-corrected chi connectivity index (χ1v) is 19.2. The Kier molecular flexibility index (Phi) is 6.11. The van der Waals surface area contributed by atoms with Crippen molar-refractivity contribution in [3.8, 4) is 16.8 Å². The van der Waals surface area contributed by atoms with E-state index in [2.05, 4.69) is 191 Å². The number of rotatable bonds is 4. The highest BCUT2D eigenvalue weighted by Crippen LogP contribution is 2.51. The van der Waals surface area contributed by atoms with Gasteiger partial charge in [-0.15, -0.1) is 11.3 Å². The summed E-state index contributed by atoms with van der Waals surface area (Å²) in [5, 5.41) is 5.28. The summed E-state index contributed by atoms with van der Waals surface area (Å²) in [7, 11) is 0. The Labute approximate surface area is 311 Å². The van der Waals surface area contributed by atoms with Crippen LogP contribution in [-0.2, 0) is 0 Å². The molecule has 12 rings (SSSR count). The fraction of sp³-hybridized carbons (Fsp3) is 0.0204. The van der Waals surface area contributed by atoms with Crippen LogP contribution < -0.4 is 15.7 Å². The predicted octanol–water partition coefficient (Wildman–Crippen LogP) is 11.6. The molecule has 8 aromatic carbocycles. The van der Waals surface area contributed by atoms with Gasteiger partial charge in [0.15, 0.2) is 0 Å². The van der Waals surface area contributed by atoms with Crippen LogP contribution >= 0.6 is 11.3 Å². The van der Waals surface area contributed by atoms with Crippen molar-refractivity contribution >= 4 is 82.5 Å². The predicted molar refractivity (Wildman–Crippen MR) is 227 cm³/mol. The minimum Gasteiger partial charge on any atom is -0.376 e. The van der Waals surface area contributed by atoms with Crippen LogP contribution in [0.15, 0.2) is 182 Å². The van der Waals surface area contributed by atoms with Crippen LogP contribution in [0.4, 0.5) is 11.4 Å². The van der Waals surface area contributed by atoms with E-state index >= 15 is 0 Å². The summed E-state index contributed by atoms with van der Waals surface area (Å²) in [6.45, 7) is -0.0151. The zero-order chi connectivity index (χ0) is 34.6. The van der Waals surface area contributed by atoms with E-state index in [1.165, 1.54) is 97.8 Å². The molecular weight excluding hydrogens is 659 g/mol. The van der Waals surface area contributed by atoms with Crippen LogP contribution in [0.25, 0.3) is 58.8 Å². The lowest BCUT2D eigenvalue weighted by Crippen LogP contribution is -2.60. The van der Waals surface area contributed by atoms with Crippen LogP contribution in [0.5, 0.6) is 0 Å². The van der Waals surface area contributed by atoms with Crippen LogP contribution in [0.1, 0.15) is 22.6 Å². The van der Waals surface area contributed by atoms with E-state index in [1.807, 2.05) is 11.3 Å². The molecule has 2 aliphatic rings. The van der Waals surface area contributed by atoms with E-state index in [1.54, 1.807) is 0 Å². The van der Waals surface area contributed by atoms with Gasteiger partial charge in [0.25, 0.3) is 0 Å². The topological polar surface area (TPSA) is 8.17 Å². The lowest BCUT2D eigenvalue weighted by molar-refractivity contribution is 0.990. The molecule has 0 bridgehead atoms. The smallest absolute Gasteiger partial charge is 0.333 e. The third kappa shape index (κ3) is 4.04. The molecule has 0 atom stereocenters. The summed E-state index contributed by atoms with van der Waals surface area (Å²) in [5.74, 6) is 0.0428.